The molecule has 0 fully saturated rings. The Kier molecular flexibility index (Phi) is 4.84. The molecule has 132 valence electrons. The van der Waals surface area contributed by atoms with Gasteiger partial charge in [-0.25, -0.2) is 0 Å². The highest BCUT2D eigenvalue weighted by molar-refractivity contribution is 5.78. The molecule has 0 saturated heterocycles. The van der Waals surface area contributed by atoms with E-state index >= 15 is 0 Å². The van der Waals surface area contributed by atoms with Gasteiger partial charge in [0.05, 0.1) is 18.8 Å². The predicted octanol–water partition coefficient (Wildman–Crippen LogP) is 3.54. The molecule has 26 heavy (non-hydrogen) atoms. The second-order valence-corrected chi connectivity index (χ2v) is 6.57. The zero-order valence-corrected chi connectivity index (χ0v) is 14.6. The Hall–Kier alpha value is -2.85. The number of furan rings is 1. The van der Waals surface area contributed by atoms with Crippen molar-refractivity contribution in [3.8, 4) is 0 Å². The van der Waals surface area contributed by atoms with E-state index in [-0.39, 0.29) is 18.5 Å². The summed E-state index contributed by atoms with van der Waals surface area (Å²) in [5.41, 5.74) is 3.68. The summed E-state index contributed by atoms with van der Waals surface area (Å²) in [6.07, 6.45) is 2.58. The third kappa shape index (κ3) is 3.55. The largest absolute Gasteiger partial charge is 0.467 e. The summed E-state index contributed by atoms with van der Waals surface area (Å²) in [6, 6.07) is 22.1. The number of fused-ring (bicyclic) bond motifs is 1. The monoisotopic (exact) mass is 346 g/mol. The highest BCUT2D eigenvalue weighted by Crippen LogP contribution is 2.23. The molecule has 1 N–H and O–H groups in total. The van der Waals surface area contributed by atoms with Crippen LogP contribution in [-0.4, -0.2) is 23.9 Å². The Morgan fingerprint density at radius 1 is 1.00 bits per heavy atom. The predicted molar refractivity (Wildman–Crippen MR) is 101 cm³/mol. The molecule has 2 heterocycles. The van der Waals surface area contributed by atoms with Crippen LogP contribution < -0.4 is 5.32 Å². The zero-order valence-electron chi connectivity index (χ0n) is 14.6. The smallest absolute Gasteiger partial charge is 0.236 e. The van der Waals surface area contributed by atoms with Gasteiger partial charge in [-0.2, -0.15) is 0 Å². The lowest BCUT2D eigenvalue weighted by atomic mass is 10.00. The molecule has 3 aromatic rings. The van der Waals surface area contributed by atoms with Gasteiger partial charge in [-0.15, -0.1) is 0 Å². The lowest BCUT2D eigenvalue weighted by Gasteiger charge is -2.29. The van der Waals surface area contributed by atoms with Crippen LogP contribution in [0.3, 0.4) is 0 Å². The number of hydrogen-bond donors (Lipinski definition) is 1. The Balaban J connectivity index is 1.44. The first kappa shape index (κ1) is 16.6. The van der Waals surface area contributed by atoms with Crippen LogP contribution in [0.25, 0.3) is 0 Å². The van der Waals surface area contributed by atoms with Crippen LogP contribution in [0.5, 0.6) is 0 Å². The SMILES string of the molecule is O=C(CN[C@H](c1ccccc1)c1ccco1)N1CCc2ccccc2C1. The molecule has 4 nitrogen and oxygen atoms in total. The Labute approximate surface area is 153 Å². The van der Waals surface area contributed by atoms with Crippen LogP contribution in [0.4, 0.5) is 0 Å². The molecule has 0 radical (unpaired) electrons. The Morgan fingerprint density at radius 2 is 1.77 bits per heavy atom. The second-order valence-electron chi connectivity index (χ2n) is 6.57. The molecular weight excluding hydrogens is 324 g/mol. The minimum absolute atomic E-state index is 0.118. The summed E-state index contributed by atoms with van der Waals surface area (Å²) in [7, 11) is 0. The summed E-state index contributed by atoms with van der Waals surface area (Å²) in [4.78, 5) is 14.7. The molecule has 0 aliphatic carbocycles. The first-order chi connectivity index (χ1) is 12.8. The fourth-order valence-electron chi connectivity index (χ4n) is 3.49. The van der Waals surface area contributed by atoms with Crippen LogP contribution in [-0.2, 0) is 17.8 Å². The molecule has 0 saturated carbocycles. The third-order valence-corrected chi connectivity index (χ3v) is 4.90. The van der Waals surface area contributed by atoms with E-state index in [4.69, 9.17) is 4.42 Å². The Bertz CT molecular complexity index is 859. The van der Waals surface area contributed by atoms with Crippen molar-refractivity contribution in [3.63, 3.8) is 0 Å². The average Bonchev–Trinajstić information content (AvgIpc) is 3.23. The van der Waals surface area contributed by atoms with Crippen molar-refractivity contribution in [1.82, 2.24) is 10.2 Å². The maximum absolute atomic E-state index is 12.7. The van der Waals surface area contributed by atoms with E-state index in [0.29, 0.717) is 6.54 Å². The van der Waals surface area contributed by atoms with Crippen LogP contribution in [0, 0.1) is 0 Å². The van der Waals surface area contributed by atoms with Crippen molar-refractivity contribution in [1.29, 1.82) is 0 Å². The maximum atomic E-state index is 12.7. The van der Waals surface area contributed by atoms with Gasteiger partial charge in [-0.1, -0.05) is 54.6 Å². The summed E-state index contributed by atoms with van der Waals surface area (Å²) in [5, 5.41) is 3.37. The van der Waals surface area contributed by atoms with E-state index in [1.54, 1.807) is 6.26 Å². The van der Waals surface area contributed by atoms with E-state index in [1.807, 2.05) is 53.4 Å². The van der Waals surface area contributed by atoms with Gasteiger partial charge in [0.25, 0.3) is 0 Å². The molecule has 2 aromatic carbocycles. The van der Waals surface area contributed by atoms with Crippen molar-refractivity contribution in [3.05, 3.63) is 95.4 Å². The van der Waals surface area contributed by atoms with Crippen molar-refractivity contribution in [2.24, 2.45) is 0 Å². The number of carbonyl (C=O) groups excluding carboxylic acids is 1. The van der Waals surface area contributed by atoms with Gasteiger partial charge in [0.15, 0.2) is 0 Å². The number of carbonyl (C=O) groups is 1. The summed E-state index contributed by atoms with van der Waals surface area (Å²) >= 11 is 0. The fourth-order valence-corrected chi connectivity index (χ4v) is 3.49. The zero-order chi connectivity index (χ0) is 17.8. The molecule has 1 aliphatic rings. The highest BCUT2D eigenvalue weighted by Gasteiger charge is 2.22. The van der Waals surface area contributed by atoms with Gasteiger partial charge in [0.2, 0.25) is 5.91 Å². The number of rotatable bonds is 5. The first-order valence-corrected chi connectivity index (χ1v) is 8.97. The lowest BCUT2D eigenvalue weighted by molar-refractivity contribution is -0.131. The molecule has 4 rings (SSSR count). The topological polar surface area (TPSA) is 45.5 Å². The maximum Gasteiger partial charge on any atom is 0.236 e. The Morgan fingerprint density at radius 3 is 2.54 bits per heavy atom. The van der Waals surface area contributed by atoms with E-state index < -0.39 is 0 Å². The van der Waals surface area contributed by atoms with Gasteiger partial charge in [0.1, 0.15) is 5.76 Å². The van der Waals surface area contributed by atoms with Crippen LogP contribution in [0.1, 0.15) is 28.5 Å². The highest BCUT2D eigenvalue weighted by atomic mass is 16.3. The molecule has 4 heteroatoms. The average molecular weight is 346 g/mol. The quantitative estimate of drug-likeness (QED) is 0.768. The number of nitrogens with one attached hydrogen (secondary N) is 1. The van der Waals surface area contributed by atoms with Crippen molar-refractivity contribution in [2.75, 3.05) is 13.1 Å². The van der Waals surface area contributed by atoms with Gasteiger partial charge in [-0.3, -0.25) is 10.1 Å². The van der Waals surface area contributed by atoms with Gasteiger partial charge < -0.3 is 9.32 Å². The molecule has 0 unspecified atom stereocenters. The van der Waals surface area contributed by atoms with Crippen molar-refractivity contribution >= 4 is 5.91 Å². The molecule has 0 spiro atoms. The minimum Gasteiger partial charge on any atom is -0.467 e. The number of hydrogen-bond acceptors (Lipinski definition) is 3. The molecule has 1 aliphatic heterocycles. The molecule has 0 bridgehead atoms. The number of nitrogens with zero attached hydrogens (tertiary/aromatic N) is 1. The van der Waals surface area contributed by atoms with Crippen molar-refractivity contribution in [2.45, 2.75) is 19.0 Å². The van der Waals surface area contributed by atoms with Gasteiger partial charge in [-0.05, 0) is 35.2 Å². The number of amides is 1. The molecule has 1 amide bonds. The molecular formula is C22H22N2O2. The van der Waals surface area contributed by atoms with Crippen LogP contribution in [0.15, 0.2) is 77.4 Å². The van der Waals surface area contributed by atoms with Crippen molar-refractivity contribution < 1.29 is 9.21 Å². The van der Waals surface area contributed by atoms with E-state index in [0.717, 1.165) is 24.3 Å². The fraction of sp³-hybridized carbons (Fsp3) is 0.227. The normalized spacial score (nSPS) is 14.7. The summed E-state index contributed by atoms with van der Waals surface area (Å²) in [6.45, 7) is 1.74. The van der Waals surface area contributed by atoms with E-state index in [2.05, 4.69) is 23.5 Å². The molecule has 1 atom stereocenters. The van der Waals surface area contributed by atoms with Gasteiger partial charge >= 0.3 is 0 Å². The van der Waals surface area contributed by atoms with Crippen LogP contribution >= 0.6 is 0 Å². The minimum atomic E-state index is -0.132. The number of benzene rings is 2. The standard InChI is InChI=1S/C22H22N2O2/c25-21(24-13-12-17-7-4-5-10-19(17)16-24)15-23-22(20-11-6-14-26-20)18-8-2-1-3-9-18/h1-11,14,22-23H,12-13,15-16H2/t22-/m1/s1. The lowest BCUT2D eigenvalue weighted by Crippen LogP contribution is -2.42. The van der Waals surface area contributed by atoms with Crippen LogP contribution in [0.2, 0.25) is 0 Å². The van der Waals surface area contributed by atoms with E-state index in [1.165, 1.54) is 11.1 Å². The summed E-state index contributed by atoms with van der Waals surface area (Å²) in [5.74, 6) is 0.931. The van der Waals surface area contributed by atoms with E-state index in [9.17, 15) is 4.79 Å². The third-order valence-electron chi connectivity index (χ3n) is 4.90. The van der Waals surface area contributed by atoms with Gasteiger partial charge in [0, 0.05) is 13.1 Å². The molecule has 1 aromatic heterocycles. The first-order valence-electron chi connectivity index (χ1n) is 8.97. The second kappa shape index (κ2) is 7.58. The summed E-state index contributed by atoms with van der Waals surface area (Å²) < 4.78 is 5.59.